The van der Waals surface area contributed by atoms with Crippen LogP contribution in [0.1, 0.15) is 32.6 Å². The van der Waals surface area contributed by atoms with E-state index < -0.39 is 0 Å². The summed E-state index contributed by atoms with van der Waals surface area (Å²) in [4.78, 5) is 10.7. The van der Waals surface area contributed by atoms with Gasteiger partial charge in [0.1, 0.15) is 0 Å². The monoisotopic (exact) mass is 170 g/mol. The fourth-order valence-electron chi connectivity index (χ4n) is 0.938. The molecule has 0 saturated heterocycles. The minimum Gasteiger partial charge on any atom is -0.385 e. The summed E-state index contributed by atoms with van der Waals surface area (Å²) in [5, 5.41) is 0. The molecule has 0 aromatic carbocycles. The van der Waals surface area contributed by atoms with Crippen molar-refractivity contribution in [2.75, 3.05) is 13.7 Å². The van der Waals surface area contributed by atoms with E-state index in [1.54, 1.807) is 14.0 Å². The maximum atomic E-state index is 10.7. The fourth-order valence-corrected chi connectivity index (χ4v) is 0.938. The van der Waals surface area contributed by atoms with Gasteiger partial charge in [0, 0.05) is 13.7 Å². The average Bonchev–Trinajstić information content (AvgIpc) is 2.03. The Morgan fingerprint density at radius 1 is 1.33 bits per heavy atom. The van der Waals surface area contributed by atoms with Gasteiger partial charge >= 0.3 is 0 Å². The molecule has 0 aliphatic heterocycles. The molecule has 0 aliphatic rings. The highest BCUT2D eigenvalue weighted by Crippen LogP contribution is 2.07. The van der Waals surface area contributed by atoms with Crippen molar-refractivity contribution in [1.29, 1.82) is 0 Å². The maximum Gasteiger partial charge on any atom is 0.155 e. The number of carbonyl (C=O) groups excluding carboxylic acids is 1. The van der Waals surface area contributed by atoms with E-state index in [1.807, 2.05) is 0 Å². The summed E-state index contributed by atoms with van der Waals surface area (Å²) in [6.45, 7) is 6.07. The van der Waals surface area contributed by atoms with Crippen molar-refractivity contribution in [2.24, 2.45) is 0 Å². The fraction of sp³-hybridized carbons (Fsp3) is 0.700. The normalized spacial score (nSPS) is 9.83. The zero-order valence-corrected chi connectivity index (χ0v) is 8.06. The highest BCUT2D eigenvalue weighted by molar-refractivity contribution is 5.92. The number of Topliss-reactive ketones (excluding diaryl/α,β-unsaturated/α-hetero) is 1. The van der Waals surface area contributed by atoms with E-state index in [2.05, 4.69) is 6.58 Å². The molecule has 0 heterocycles. The third-order valence-corrected chi connectivity index (χ3v) is 1.82. The lowest BCUT2D eigenvalue weighted by Crippen LogP contribution is -1.95. The molecule has 2 nitrogen and oxygen atoms in total. The zero-order chi connectivity index (χ0) is 9.40. The third-order valence-electron chi connectivity index (χ3n) is 1.82. The molecule has 12 heavy (non-hydrogen) atoms. The van der Waals surface area contributed by atoms with Gasteiger partial charge in [0.25, 0.3) is 0 Å². The van der Waals surface area contributed by atoms with E-state index in [9.17, 15) is 4.79 Å². The summed E-state index contributed by atoms with van der Waals surface area (Å²) in [7, 11) is 1.70. The number of unbranched alkanes of at least 4 members (excludes halogenated alkanes) is 2. The highest BCUT2D eigenvalue weighted by Gasteiger charge is 1.98. The number of ketones is 1. The quantitative estimate of drug-likeness (QED) is 0.433. The van der Waals surface area contributed by atoms with Crippen molar-refractivity contribution in [2.45, 2.75) is 32.6 Å². The standard InChI is InChI=1S/C10H18O2/c1-9(10(2)11)7-5-4-6-8-12-3/h1,4-8H2,2-3H3. The number of hydrogen-bond acceptors (Lipinski definition) is 2. The number of rotatable bonds is 7. The van der Waals surface area contributed by atoms with Crippen molar-refractivity contribution in [3.8, 4) is 0 Å². The van der Waals surface area contributed by atoms with Gasteiger partial charge in [0.05, 0.1) is 0 Å². The molecule has 0 unspecified atom stereocenters. The van der Waals surface area contributed by atoms with Gasteiger partial charge in [-0.2, -0.15) is 0 Å². The largest absolute Gasteiger partial charge is 0.385 e. The first kappa shape index (κ1) is 11.4. The van der Waals surface area contributed by atoms with Crippen LogP contribution in [0.3, 0.4) is 0 Å². The maximum absolute atomic E-state index is 10.7. The highest BCUT2D eigenvalue weighted by atomic mass is 16.5. The van der Waals surface area contributed by atoms with E-state index in [4.69, 9.17) is 4.74 Å². The molecule has 0 amide bonds. The lowest BCUT2D eigenvalue weighted by Gasteiger charge is -2.01. The van der Waals surface area contributed by atoms with E-state index >= 15 is 0 Å². The molecule has 0 rings (SSSR count). The van der Waals surface area contributed by atoms with E-state index in [-0.39, 0.29) is 5.78 Å². The van der Waals surface area contributed by atoms with Gasteiger partial charge in [-0.05, 0) is 31.8 Å². The van der Waals surface area contributed by atoms with Crippen LogP contribution < -0.4 is 0 Å². The molecule has 70 valence electrons. The Balaban J connectivity index is 3.20. The first-order valence-corrected chi connectivity index (χ1v) is 4.36. The minimum absolute atomic E-state index is 0.113. The molecule has 0 fully saturated rings. The summed E-state index contributed by atoms with van der Waals surface area (Å²) >= 11 is 0. The molecule has 0 bridgehead atoms. The molecule has 0 N–H and O–H groups in total. The Kier molecular flexibility index (Phi) is 6.67. The van der Waals surface area contributed by atoms with Crippen LogP contribution in [0.15, 0.2) is 12.2 Å². The second kappa shape index (κ2) is 7.04. The minimum atomic E-state index is 0.113. The van der Waals surface area contributed by atoms with E-state index in [1.165, 1.54) is 0 Å². The Bertz CT molecular complexity index is 150. The van der Waals surface area contributed by atoms with Crippen molar-refractivity contribution in [3.05, 3.63) is 12.2 Å². The predicted molar refractivity (Wildman–Crippen MR) is 50.2 cm³/mol. The van der Waals surface area contributed by atoms with Crippen LogP contribution in [0.2, 0.25) is 0 Å². The summed E-state index contributed by atoms with van der Waals surface area (Å²) in [5.74, 6) is 0.113. The van der Waals surface area contributed by atoms with Crippen LogP contribution in [0.4, 0.5) is 0 Å². The SMILES string of the molecule is C=C(CCCCCOC)C(C)=O. The van der Waals surface area contributed by atoms with Crippen LogP contribution in [0, 0.1) is 0 Å². The van der Waals surface area contributed by atoms with Crippen LogP contribution >= 0.6 is 0 Å². The number of ether oxygens (including phenoxy) is 1. The van der Waals surface area contributed by atoms with Gasteiger partial charge < -0.3 is 4.74 Å². The van der Waals surface area contributed by atoms with Crippen LogP contribution in [0.25, 0.3) is 0 Å². The number of hydrogen-bond donors (Lipinski definition) is 0. The van der Waals surface area contributed by atoms with Crippen molar-refractivity contribution < 1.29 is 9.53 Å². The Morgan fingerprint density at radius 2 is 2.00 bits per heavy atom. The first-order chi connectivity index (χ1) is 5.68. The summed E-state index contributed by atoms with van der Waals surface area (Å²) in [6.07, 6.45) is 4.06. The molecule has 0 atom stereocenters. The van der Waals surface area contributed by atoms with Gasteiger partial charge in [-0.3, -0.25) is 4.79 Å². The molecule has 0 spiro atoms. The molecule has 2 heteroatoms. The smallest absolute Gasteiger partial charge is 0.155 e. The molecular weight excluding hydrogens is 152 g/mol. The second-order valence-corrected chi connectivity index (χ2v) is 2.96. The van der Waals surface area contributed by atoms with Gasteiger partial charge in [-0.25, -0.2) is 0 Å². The Hall–Kier alpha value is -0.630. The van der Waals surface area contributed by atoms with Crippen LogP contribution in [-0.2, 0) is 9.53 Å². The van der Waals surface area contributed by atoms with Gasteiger partial charge in [-0.15, -0.1) is 0 Å². The number of allylic oxidation sites excluding steroid dienone is 1. The Labute approximate surface area is 74.6 Å². The average molecular weight is 170 g/mol. The molecule has 0 aromatic rings. The van der Waals surface area contributed by atoms with Crippen molar-refractivity contribution in [3.63, 3.8) is 0 Å². The topological polar surface area (TPSA) is 26.3 Å². The summed E-state index contributed by atoms with van der Waals surface area (Å²) < 4.78 is 4.91. The molecule has 0 aromatic heterocycles. The number of methoxy groups -OCH3 is 1. The van der Waals surface area contributed by atoms with Gasteiger partial charge in [-0.1, -0.05) is 13.0 Å². The summed E-state index contributed by atoms with van der Waals surface area (Å²) in [5.41, 5.74) is 0.743. The van der Waals surface area contributed by atoms with Crippen molar-refractivity contribution in [1.82, 2.24) is 0 Å². The lowest BCUT2D eigenvalue weighted by atomic mass is 10.1. The van der Waals surface area contributed by atoms with Crippen LogP contribution in [-0.4, -0.2) is 19.5 Å². The third kappa shape index (κ3) is 6.10. The Morgan fingerprint density at radius 3 is 2.50 bits per heavy atom. The molecule has 0 radical (unpaired) electrons. The second-order valence-electron chi connectivity index (χ2n) is 2.96. The van der Waals surface area contributed by atoms with E-state index in [0.717, 1.165) is 37.9 Å². The van der Waals surface area contributed by atoms with Crippen LogP contribution in [0.5, 0.6) is 0 Å². The molecule has 0 aliphatic carbocycles. The molecule has 0 saturated carbocycles. The summed E-state index contributed by atoms with van der Waals surface area (Å²) in [6, 6.07) is 0. The molecular formula is C10H18O2. The van der Waals surface area contributed by atoms with E-state index in [0.29, 0.717) is 0 Å². The van der Waals surface area contributed by atoms with Crippen molar-refractivity contribution >= 4 is 5.78 Å². The number of carbonyl (C=O) groups is 1. The predicted octanol–water partition coefficient (Wildman–Crippen LogP) is 2.34. The van der Waals surface area contributed by atoms with Gasteiger partial charge in [0.15, 0.2) is 5.78 Å². The lowest BCUT2D eigenvalue weighted by molar-refractivity contribution is -0.113. The van der Waals surface area contributed by atoms with Gasteiger partial charge in [0.2, 0.25) is 0 Å². The first-order valence-electron chi connectivity index (χ1n) is 4.36. The zero-order valence-electron chi connectivity index (χ0n) is 8.06.